The van der Waals surface area contributed by atoms with E-state index in [9.17, 15) is 14.4 Å². The number of nitrogens with one attached hydrogen (secondary N) is 2. The van der Waals surface area contributed by atoms with Crippen molar-refractivity contribution in [2.24, 2.45) is 0 Å². The summed E-state index contributed by atoms with van der Waals surface area (Å²) in [7, 11) is 0. The first-order chi connectivity index (χ1) is 11.1. The summed E-state index contributed by atoms with van der Waals surface area (Å²) in [6, 6.07) is 7.41. The lowest BCUT2D eigenvalue weighted by Gasteiger charge is -2.15. The molecule has 0 aliphatic carbocycles. The van der Waals surface area contributed by atoms with Crippen molar-refractivity contribution in [1.82, 2.24) is 10.2 Å². The van der Waals surface area contributed by atoms with E-state index in [1.165, 1.54) is 0 Å². The van der Waals surface area contributed by atoms with Gasteiger partial charge in [-0.3, -0.25) is 14.4 Å². The number of carbonyl (C=O) groups is 3. The Morgan fingerprint density at radius 3 is 2.70 bits per heavy atom. The highest BCUT2D eigenvalue weighted by molar-refractivity contribution is 6.39. The highest BCUT2D eigenvalue weighted by Crippen LogP contribution is 2.15. The fraction of sp³-hybridized carbons (Fsp3) is 0.471. The molecule has 0 saturated carbocycles. The number of benzene rings is 1. The zero-order valence-electron chi connectivity index (χ0n) is 13.4. The van der Waals surface area contributed by atoms with E-state index < -0.39 is 11.8 Å². The third kappa shape index (κ3) is 4.81. The second-order valence-electron chi connectivity index (χ2n) is 5.56. The number of aryl methyl sites for hydroxylation is 1. The number of anilines is 1. The van der Waals surface area contributed by atoms with Gasteiger partial charge in [0.15, 0.2) is 0 Å². The molecule has 0 radical (unpaired) electrons. The van der Waals surface area contributed by atoms with E-state index in [1.807, 2.05) is 25.1 Å². The van der Waals surface area contributed by atoms with Crippen molar-refractivity contribution >= 4 is 23.4 Å². The normalized spacial score (nSPS) is 14.0. The van der Waals surface area contributed by atoms with Crippen molar-refractivity contribution in [3.05, 3.63) is 29.8 Å². The van der Waals surface area contributed by atoms with Gasteiger partial charge in [0, 0.05) is 31.7 Å². The number of hydrogen-bond acceptors (Lipinski definition) is 3. The molecule has 0 unspecified atom stereocenters. The van der Waals surface area contributed by atoms with E-state index in [2.05, 4.69) is 10.6 Å². The van der Waals surface area contributed by atoms with Crippen molar-refractivity contribution in [2.75, 3.05) is 25.0 Å². The molecule has 0 bridgehead atoms. The quantitative estimate of drug-likeness (QED) is 0.613. The van der Waals surface area contributed by atoms with Crippen molar-refractivity contribution < 1.29 is 14.4 Å². The highest BCUT2D eigenvalue weighted by atomic mass is 16.2. The summed E-state index contributed by atoms with van der Waals surface area (Å²) in [6.07, 6.45) is 2.95. The number of hydrogen-bond donors (Lipinski definition) is 2. The molecule has 2 N–H and O–H groups in total. The van der Waals surface area contributed by atoms with Crippen LogP contribution in [0.1, 0.15) is 31.7 Å². The van der Waals surface area contributed by atoms with E-state index >= 15 is 0 Å². The predicted molar refractivity (Wildman–Crippen MR) is 87.9 cm³/mol. The van der Waals surface area contributed by atoms with Gasteiger partial charge in [0.2, 0.25) is 5.91 Å². The van der Waals surface area contributed by atoms with Gasteiger partial charge in [-0.05, 0) is 30.9 Å². The smallest absolute Gasteiger partial charge is 0.313 e. The summed E-state index contributed by atoms with van der Waals surface area (Å²) in [5.74, 6) is -1.14. The molecule has 3 amide bonds. The maximum absolute atomic E-state index is 11.9. The van der Waals surface area contributed by atoms with E-state index in [-0.39, 0.29) is 5.91 Å². The third-order valence-electron chi connectivity index (χ3n) is 3.91. The van der Waals surface area contributed by atoms with Gasteiger partial charge in [-0.1, -0.05) is 25.1 Å². The summed E-state index contributed by atoms with van der Waals surface area (Å²) < 4.78 is 0. The van der Waals surface area contributed by atoms with Gasteiger partial charge in [-0.15, -0.1) is 0 Å². The van der Waals surface area contributed by atoms with Crippen LogP contribution >= 0.6 is 0 Å². The Morgan fingerprint density at radius 1 is 1.22 bits per heavy atom. The van der Waals surface area contributed by atoms with E-state index in [0.717, 1.165) is 24.9 Å². The Hall–Kier alpha value is -2.37. The zero-order valence-corrected chi connectivity index (χ0v) is 13.4. The largest absolute Gasteiger partial charge is 0.348 e. The van der Waals surface area contributed by atoms with Gasteiger partial charge < -0.3 is 15.5 Å². The Morgan fingerprint density at radius 2 is 2.00 bits per heavy atom. The highest BCUT2D eigenvalue weighted by Gasteiger charge is 2.19. The molecular weight excluding hydrogens is 294 g/mol. The first-order valence-corrected chi connectivity index (χ1v) is 8.06. The molecule has 124 valence electrons. The summed E-state index contributed by atoms with van der Waals surface area (Å²) in [4.78, 5) is 36.9. The number of carbonyl (C=O) groups excluding carboxylic acids is 3. The summed E-state index contributed by atoms with van der Waals surface area (Å²) >= 11 is 0. The van der Waals surface area contributed by atoms with Gasteiger partial charge in [0.25, 0.3) is 0 Å². The first-order valence-electron chi connectivity index (χ1n) is 8.06. The fourth-order valence-electron chi connectivity index (χ4n) is 2.62. The molecule has 1 aromatic carbocycles. The molecule has 1 fully saturated rings. The van der Waals surface area contributed by atoms with Gasteiger partial charge >= 0.3 is 11.8 Å². The molecule has 0 aromatic heterocycles. The molecule has 23 heavy (non-hydrogen) atoms. The molecule has 1 saturated heterocycles. The SMILES string of the molecule is CCc1ccccc1NC(=O)C(=O)NCCCN1CCCC1=O. The van der Waals surface area contributed by atoms with Crippen molar-refractivity contribution in [3.63, 3.8) is 0 Å². The minimum Gasteiger partial charge on any atom is -0.348 e. The average Bonchev–Trinajstić information content (AvgIpc) is 2.97. The predicted octanol–water partition coefficient (Wildman–Crippen LogP) is 1.32. The van der Waals surface area contributed by atoms with Crippen LogP contribution in [0.15, 0.2) is 24.3 Å². The van der Waals surface area contributed by atoms with Gasteiger partial charge in [0.1, 0.15) is 0 Å². The van der Waals surface area contributed by atoms with Crippen LogP contribution in [0.3, 0.4) is 0 Å². The first kappa shape index (κ1) is 17.0. The molecule has 2 rings (SSSR count). The fourth-order valence-corrected chi connectivity index (χ4v) is 2.62. The monoisotopic (exact) mass is 317 g/mol. The van der Waals surface area contributed by atoms with Crippen LogP contribution in [0.2, 0.25) is 0 Å². The van der Waals surface area contributed by atoms with Crippen LogP contribution < -0.4 is 10.6 Å². The lowest BCUT2D eigenvalue weighted by Crippen LogP contribution is -2.37. The standard InChI is InChI=1S/C17H23N3O3/c1-2-13-7-3-4-8-14(13)19-17(23)16(22)18-10-6-12-20-11-5-9-15(20)21/h3-4,7-8H,2,5-6,9-12H2,1H3,(H,18,22)(H,19,23). The molecule has 1 aromatic rings. The maximum Gasteiger partial charge on any atom is 0.313 e. The molecule has 0 atom stereocenters. The number of amides is 3. The second-order valence-corrected chi connectivity index (χ2v) is 5.56. The topological polar surface area (TPSA) is 78.5 Å². The van der Waals surface area contributed by atoms with E-state index in [1.54, 1.807) is 11.0 Å². The third-order valence-corrected chi connectivity index (χ3v) is 3.91. The van der Waals surface area contributed by atoms with Gasteiger partial charge in [-0.2, -0.15) is 0 Å². The molecule has 1 heterocycles. The lowest BCUT2D eigenvalue weighted by molar-refractivity contribution is -0.136. The van der Waals surface area contributed by atoms with Crippen LogP contribution in [-0.2, 0) is 20.8 Å². The van der Waals surface area contributed by atoms with Gasteiger partial charge in [-0.25, -0.2) is 0 Å². The van der Waals surface area contributed by atoms with E-state index in [4.69, 9.17) is 0 Å². The molecule has 6 heteroatoms. The molecule has 1 aliphatic rings. The molecular formula is C17H23N3O3. The van der Waals surface area contributed by atoms with Crippen LogP contribution in [0.5, 0.6) is 0 Å². The Labute approximate surface area is 136 Å². The van der Waals surface area contributed by atoms with Crippen LogP contribution in [0.25, 0.3) is 0 Å². The molecule has 1 aliphatic heterocycles. The average molecular weight is 317 g/mol. The Balaban J connectivity index is 1.72. The summed E-state index contributed by atoms with van der Waals surface area (Å²) in [6.45, 7) is 3.79. The number of nitrogens with zero attached hydrogens (tertiary/aromatic N) is 1. The lowest BCUT2D eigenvalue weighted by atomic mass is 10.1. The van der Waals surface area contributed by atoms with Crippen LogP contribution in [-0.4, -0.2) is 42.3 Å². The Kier molecular flexibility index (Phi) is 6.14. The van der Waals surface area contributed by atoms with Crippen molar-refractivity contribution in [2.45, 2.75) is 32.6 Å². The number of likely N-dealkylation sites (tertiary alicyclic amines) is 1. The molecule has 6 nitrogen and oxygen atoms in total. The number of rotatable bonds is 6. The van der Waals surface area contributed by atoms with Crippen LogP contribution in [0.4, 0.5) is 5.69 Å². The van der Waals surface area contributed by atoms with Crippen LogP contribution in [0, 0.1) is 0 Å². The summed E-state index contributed by atoms with van der Waals surface area (Å²) in [5, 5.41) is 5.22. The van der Waals surface area contributed by atoms with Gasteiger partial charge in [0.05, 0.1) is 0 Å². The minimum absolute atomic E-state index is 0.172. The van der Waals surface area contributed by atoms with Crippen molar-refractivity contribution in [1.29, 1.82) is 0 Å². The molecule has 0 spiro atoms. The minimum atomic E-state index is -0.664. The number of para-hydroxylation sites is 1. The van der Waals surface area contributed by atoms with Crippen molar-refractivity contribution in [3.8, 4) is 0 Å². The Bertz CT molecular complexity index is 586. The van der Waals surface area contributed by atoms with E-state index in [0.29, 0.717) is 31.6 Å². The summed E-state index contributed by atoms with van der Waals surface area (Å²) in [5.41, 5.74) is 1.65. The zero-order chi connectivity index (χ0) is 16.7. The maximum atomic E-state index is 11.9. The second kappa shape index (κ2) is 8.31.